The Bertz CT molecular complexity index is 1140. The van der Waals surface area contributed by atoms with Crippen molar-refractivity contribution >= 4 is 11.6 Å². The number of hydrogen-bond acceptors (Lipinski definition) is 5. The first kappa shape index (κ1) is 24.4. The van der Waals surface area contributed by atoms with E-state index >= 15 is 0 Å². The highest BCUT2D eigenvalue weighted by Gasteiger charge is 2.30. The van der Waals surface area contributed by atoms with E-state index in [0.29, 0.717) is 16.9 Å². The van der Waals surface area contributed by atoms with Gasteiger partial charge in [0, 0.05) is 17.2 Å². The number of alkyl halides is 3. The van der Waals surface area contributed by atoms with Crippen LogP contribution in [0.25, 0.3) is 16.9 Å². The van der Waals surface area contributed by atoms with E-state index in [9.17, 15) is 23.1 Å². The van der Waals surface area contributed by atoms with Crippen LogP contribution in [-0.4, -0.2) is 53.4 Å². The molecule has 3 aromatic rings. The number of aromatic nitrogens is 2. The van der Waals surface area contributed by atoms with E-state index in [1.54, 1.807) is 25.3 Å². The molecule has 7 nitrogen and oxygen atoms in total. The van der Waals surface area contributed by atoms with Gasteiger partial charge >= 0.3 is 6.18 Å². The van der Waals surface area contributed by atoms with Gasteiger partial charge in [-0.3, -0.25) is 9.20 Å². The van der Waals surface area contributed by atoms with Crippen molar-refractivity contribution < 1.29 is 32.5 Å². The number of carbonyl (C=O) groups is 1. The molecule has 1 unspecified atom stereocenters. The van der Waals surface area contributed by atoms with Gasteiger partial charge in [0.25, 0.3) is 5.91 Å². The number of nitrogens with zero attached hydrogens (tertiary/aromatic N) is 2. The molecule has 0 aliphatic heterocycles. The Morgan fingerprint density at radius 1 is 1.18 bits per heavy atom. The zero-order valence-corrected chi connectivity index (χ0v) is 18.9. The third kappa shape index (κ3) is 4.90. The summed E-state index contributed by atoms with van der Waals surface area (Å²) >= 11 is 0. The maximum Gasteiger partial charge on any atom is 0.405 e. The van der Waals surface area contributed by atoms with Crippen molar-refractivity contribution in [1.82, 2.24) is 14.7 Å². The minimum Gasteiger partial charge on any atom is -0.496 e. The highest BCUT2D eigenvalue weighted by atomic mass is 19.4. The maximum atomic E-state index is 12.5. The molecule has 2 heterocycles. The summed E-state index contributed by atoms with van der Waals surface area (Å²) in [7, 11) is 2.63. The van der Waals surface area contributed by atoms with Gasteiger partial charge in [0.15, 0.2) is 0 Å². The highest BCUT2D eigenvalue weighted by molar-refractivity contribution is 6.00. The number of pyridine rings is 1. The van der Waals surface area contributed by atoms with E-state index in [1.165, 1.54) is 14.2 Å². The van der Waals surface area contributed by atoms with E-state index in [1.807, 2.05) is 41.9 Å². The fraction of sp³-hybridized carbons (Fsp3) is 0.391. The monoisotopic (exact) mass is 465 g/mol. The number of fused-ring (bicyclic) bond motifs is 1. The molecule has 1 atom stereocenters. The summed E-state index contributed by atoms with van der Waals surface area (Å²) < 4.78 is 50.0. The number of rotatable bonds is 7. The molecular formula is C23H26F3N3O4. The van der Waals surface area contributed by atoms with E-state index in [-0.39, 0.29) is 17.1 Å². The second kappa shape index (κ2) is 8.93. The fourth-order valence-corrected chi connectivity index (χ4v) is 3.39. The molecule has 0 saturated carbocycles. The molecule has 0 radical (unpaired) electrons. The first-order valence-corrected chi connectivity index (χ1v) is 10.2. The van der Waals surface area contributed by atoms with Gasteiger partial charge in [0.1, 0.15) is 29.3 Å². The Morgan fingerprint density at radius 2 is 1.79 bits per heavy atom. The molecule has 1 amide bonds. The zero-order chi connectivity index (χ0) is 24.6. The maximum absolute atomic E-state index is 12.5. The summed E-state index contributed by atoms with van der Waals surface area (Å²) in [6.07, 6.45) is -1.67. The Balaban J connectivity index is 2.06. The van der Waals surface area contributed by atoms with Gasteiger partial charge in [-0.05, 0) is 36.8 Å². The first-order valence-electron chi connectivity index (χ1n) is 10.2. The van der Waals surface area contributed by atoms with Crippen molar-refractivity contribution in [1.29, 1.82) is 0 Å². The lowest BCUT2D eigenvalue weighted by atomic mass is 9.80. The summed E-state index contributed by atoms with van der Waals surface area (Å²) in [4.78, 5) is 16.9. The number of carbonyl (C=O) groups excluding carboxylic acids is 1. The van der Waals surface area contributed by atoms with Crippen LogP contribution in [0.5, 0.6) is 11.5 Å². The van der Waals surface area contributed by atoms with Gasteiger partial charge < -0.3 is 19.9 Å². The minimum atomic E-state index is -4.55. The van der Waals surface area contributed by atoms with Crippen LogP contribution in [0.15, 0.2) is 36.7 Å². The predicted octanol–water partition coefficient (Wildman–Crippen LogP) is 3.97. The lowest BCUT2D eigenvalue weighted by molar-refractivity contribution is -0.123. The number of hydrogen-bond donors (Lipinski definition) is 2. The van der Waals surface area contributed by atoms with Gasteiger partial charge in [-0.2, -0.15) is 13.2 Å². The van der Waals surface area contributed by atoms with Crippen molar-refractivity contribution in [2.75, 3.05) is 20.8 Å². The molecule has 10 heteroatoms. The summed E-state index contributed by atoms with van der Waals surface area (Å²) in [6.45, 7) is 4.13. The number of imidazole rings is 1. The standard InChI is InChI=1S/C23H26F3N3O4/c1-13(30)22(2,3)15-6-7-29-16(11-27-19(29)10-15)14-8-17(32-4)20(18(9-14)33-5)21(31)28-12-23(24,25)26/h6-11,13,30H,12H2,1-5H3,(H,28,31). The lowest BCUT2D eigenvalue weighted by Crippen LogP contribution is -2.34. The van der Waals surface area contributed by atoms with Crippen molar-refractivity contribution in [3.63, 3.8) is 0 Å². The van der Waals surface area contributed by atoms with Crippen molar-refractivity contribution in [3.05, 3.63) is 47.8 Å². The summed E-state index contributed by atoms with van der Waals surface area (Å²) in [5.74, 6) is -0.840. The second-order valence-electron chi connectivity index (χ2n) is 8.24. The Hall–Kier alpha value is -3.27. The number of benzene rings is 1. The van der Waals surface area contributed by atoms with E-state index in [2.05, 4.69) is 4.98 Å². The molecular weight excluding hydrogens is 439 g/mol. The minimum absolute atomic E-state index is 0.0610. The average Bonchev–Trinajstić information content (AvgIpc) is 3.19. The molecule has 0 fully saturated rings. The van der Waals surface area contributed by atoms with Gasteiger partial charge in [0.2, 0.25) is 0 Å². The largest absolute Gasteiger partial charge is 0.496 e. The Labute approximate surface area is 189 Å². The highest BCUT2D eigenvalue weighted by Crippen LogP contribution is 2.36. The van der Waals surface area contributed by atoms with E-state index in [0.717, 1.165) is 5.56 Å². The molecule has 0 saturated heterocycles. The third-order valence-electron chi connectivity index (χ3n) is 5.78. The molecule has 33 heavy (non-hydrogen) atoms. The number of amides is 1. The van der Waals surface area contributed by atoms with Crippen LogP contribution in [0.2, 0.25) is 0 Å². The quantitative estimate of drug-likeness (QED) is 0.552. The average molecular weight is 465 g/mol. The molecule has 2 aromatic heterocycles. The van der Waals surface area contributed by atoms with Crippen LogP contribution in [0.4, 0.5) is 13.2 Å². The van der Waals surface area contributed by atoms with Crippen LogP contribution in [0, 0.1) is 0 Å². The number of nitrogens with one attached hydrogen (secondary N) is 1. The van der Waals surface area contributed by atoms with Crippen LogP contribution in [0.3, 0.4) is 0 Å². The topological polar surface area (TPSA) is 85.1 Å². The molecule has 3 rings (SSSR count). The van der Waals surface area contributed by atoms with E-state index < -0.39 is 30.1 Å². The van der Waals surface area contributed by atoms with Gasteiger partial charge in [-0.1, -0.05) is 13.8 Å². The zero-order valence-electron chi connectivity index (χ0n) is 18.9. The van der Waals surface area contributed by atoms with Crippen molar-refractivity contribution in [2.45, 2.75) is 38.5 Å². The smallest absolute Gasteiger partial charge is 0.405 e. The molecule has 2 N–H and O–H groups in total. The van der Waals surface area contributed by atoms with Crippen LogP contribution in [-0.2, 0) is 5.41 Å². The summed E-state index contributed by atoms with van der Waals surface area (Å²) in [6, 6.07) is 6.85. The summed E-state index contributed by atoms with van der Waals surface area (Å²) in [5, 5.41) is 11.9. The van der Waals surface area contributed by atoms with Crippen molar-refractivity contribution in [3.8, 4) is 22.8 Å². The number of ether oxygens (including phenoxy) is 2. The molecule has 0 bridgehead atoms. The third-order valence-corrected chi connectivity index (χ3v) is 5.78. The summed E-state index contributed by atoms with van der Waals surface area (Å²) in [5.41, 5.74) is 2.18. The predicted molar refractivity (Wildman–Crippen MR) is 117 cm³/mol. The van der Waals surface area contributed by atoms with Crippen LogP contribution < -0.4 is 14.8 Å². The number of aliphatic hydroxyl groups is 1. The molecule has 0 aliphatic carbocycles. The van der Waals surface area contributed by atoms with E-state index in [4.69, 9.17) is 9.47 Å². The first-order chi connectivity index (χ1) is 15.4. The van der Waals surface area contributed by atoms with Gasteiger partial charge in [-0.25, -0.2) is 4.98 Å². The number of halogens is 3. The van der Waals surface area contributed by atoms with Gasteiger partial charge in [0.05, 0.1) is 32.2 Å². The van der Waals surface area contributed by atoms with Crippen LogP contribution in [0.1, 0.15) is 36.7 Å². The Morgan fingerprint density at radius 3 is 2.30 bits per heavy atom. The Kier molecular flexibility index (Phi) is 6.60. The normalized spacial score (nSPS) is 13.1. The SMILES string of the molecule is COc1cc(-c2cnc3cc(C(C)(C)C(C)O)ccn23)cc(OC)c1C(=O)NCC(F)(F)F. The number of methoxy groups -OCH3 is 2. The fourth-order valence-electron chi connectivity index (χ4n) is 3.39. The second-order valence-corrected chi connectivity index (χ2v) is 8.24. The lowest BCUT2D eigenvalue weighted by Gasteiger charge is -2.28. The van der Waals surface area contributed by atoms with Gasteiger partial charge in [-0.15, -0.1) is 0 Å². The molecule has 178 valence electrons. The molecule has 0 spiro atoms. The van der Waals surface area contributed by atoms with Crippen LogP contribution >= 0.6 is 0 Å². The molecule has 0 aliphatic rings. The van der Waals surface area contributed by atoms with Crippen molar-refractivity contribution in [2.24, 2.45) is 0 Å². The number of aliphatic hydroxyl groups excluding tert-OH is 1. The molecule has 1 aromatic carbocycles.